The molecule has 27 heavy (non-hydrogen) atoms. The van der Waals surface area contributed by atoms with Gasteiger partial charge < -0.3 is 18.9 Å². The minimum Gasteiger partial charge on any atom is -0.461 e. The number of rotatable bonds is 13. The highest BCUT2D eigenvalue weighted by Crippen LogP contribution is 2.15. The Labute approximate surface area is 162 Å². The first-order chi connectivity index (χ1) is 12.5. The van der Waals surface area contributed by atoms with Crippen molar-refractivity contribution in [1.82, 2.24) is 10.4 Å². The van der Waals surface area contributed by atoms with Gasteiger partial charge in [0.25, 0.3) is 0 Å². The van der Waals surface area contributed by atoms with Crippen LogP contribution < -0.4 is 5.43 Å². The lowest BCUT2D eigenvalue weighted by Gasteiger charge is -2.27. The molecule has 0 bridgehead atoms. The molecule has 2 N–H and O–H groups in total. The molecule has 0 fully saturated rings. The molecule has 0 radical (unpaired) electrons. The first-order valence-electron chi connectivity index (χ1n) is 8.95. The first-order valence-corrected chi connectivity index (χ1v) is 10.2. The first kappa shape index (κ1) is 25.6. The third kappa shape index (κ3) is 15.4. The number of esters is 1. The molecule has 1 atom stereocenters. The molecule has 1 unspecified atom stereocenters. The van der Waals surface area contributed by atoms with Gasteiger partial charge in [0.15, 0.2) is 0 Å². The molecule has 0 aromatic carbocycles. The van der Waals surface area contributed by atoms with Crippen molar-refractivity contribution in [3.63, 3.8) is 0 Å². The maximum atomic E-state index is 12.3. The molecule has 0 spiro atoms. The summed E-state index contributed by atoms with van der Waals surface area (Å²) in [4.78, 5) is 32.2. The van der Waals surface area contributed by atoms with Crippen molar-refractivity contribution >= 4 is 20.3 Å². The minimum atomic E-state index is -2.86. The van der Waals surface area contributed by atoms with E-state index in [1.54, 1.807) is 27.7 Å². The number of ether oxygens (including phenoxy) is 2. The van der Waals surface area contributed by atoms with Gasteiger partial charge in [-0.3, -0.25) is 4.57 Å². The van der Waals surface area contributed by atoms with E-state index in [4.69, 9.17) is 14.4 Å². The zero-order valence-electron chi connectivity index (χ0n) is 16.7. The average Bonchev–Trinajstić information content (AvgIpc) is 2.53. The van der Waals surface area contributed by atoms with Crippen LogP contribution in [0.3, 0.4) is 0 Å². The van der Waals surface area contributed by atoms with Crippen LogP contribution in [0.2, 0.25) is 0 Å². The van der Waals surface area contributed by atoms with Gasteiger partial charge in [-0.15, -0.1) is 0 Å². The number of hydrogen-bond donors (Lipinski definition) is 2. The van der Waals surface area contributed by atoms with Crippen molar-refractivity contribution in [1.29, 1.82) is 0 Å². The Morgan fingerprint density at radius 1 is 1.15 bits per heavy atom. The molecule has 9 nitrogen and oxygen atoms in total. The van der Waals surface area contributed by atoms with E-state index in [1.165, 1.54) is 5.01 Å². The molecule has 10 heteroatoms. The monoisotopic (exact) mass is 408 g/mol. The number of unbranched alkanes of at least 4 members (excludes halogenated alkanes) is 3. The highest BCUT2D eigenvalue weighted by molar-refractivity contribution is 7.32. The van der Waals surface area contributed by atoms with Crippen LogP contribution in [0, 0.1) is 0 Å². The number of carbonyl (C=O) groups is 2. The molecule has 0 aliphatic rings. The third-order valence-corrected chi connectivity index (χ3v) is 3.55. The quantitative estimate of drug-likeness (QED) is 0.157. The van der Waals surface area contributed by atoms with Crippen molar-refractivity contribution in [3.05, 3.63) is 12.2 Å². The second-order valence-electron chi connectivity index (χ2n) is 6.98. The van der Waals surface area contributed by atoms with Gasteiger partial charge in [0.2, 0.25) is 0 Å². The normalized spacial score (nSPS) is 12.3. The van der Waals surface area contributed by atoms with E-state index in [9.17, 15) is 14.2 Å². The number of nitrogens with one attached hydrogen (secondary N) is 1. The van der Waals surface area contributed by atoms with E-state index in [2.05, 4.69) is 16.5 Å². The van der Waals surface area contributed by atoms with E-state index in [1.807, 2.05) is 0 Å². The van der Waals surface area contributed by atoms with E-state index < -0.39 is 25.9 Å². The van der Waals surface area contributed by atoms with Crippen molar-refractivity contribution in [2.24, 2.45) is 0 Å². The van der Waals surface area contributed by atoms with Gasteiger partial charge in [-0.1, -0.05) is 19.4 Å². The maximum Gasteiger partial charge on any atom is 0.424 e. The smallest absolute Gasteiger partial charge is 0.424 e. The van der Waals surface area contributed by atoms with E-state index >= 15 is 0 Å². The summed E-state index contributed by atoms with van der Waals surface area (Å²) in [6.45, 7) is 11.4. The molecule has 0 rings (SSSR count). The largest absolute Gasteiger partial charge is 0.461 e. The zero-order chi connectivity index (χ0) is 20.9. The summed E-state index contributed by atoms with van der Waals surface area (Å²) in [7, 11) is -2.86. The highest BCUT2D eigenvalue weighted by Gasteiger charge is 2.21. The second-order valence-corrected chi connectivity index (χ2v) is 7.81. The van der Waals surface area contributed by atoms with Gasteiger partial charge in [-0.25, -0.2) is 20.0 Å². The van der Waals surface area contributed by atoms with Crippen LogP contribution in [-0.2, 0) is 23.4 Å². The van der Waals surface area contributed by atoms with Gasteiger partial charge in [0, 0.05) is 18.7 Å². The van der Waals surface area contributed by atoms with Crippen LogP contribution in [0.25, 0.3) is 0 Å². The van der Waals surface area contributed by atoms with Crippen molar-refractivity contribution < 1.29 is 33.0 Å². The van der Waals surface area contributed by atoms with E-state index in [0.717, 1.165) is 12.8 Å². The predicted octanol–water partition coefficient (Wildman–Crippen LogP) is 2.81. The number of carbonyl (C=O) groups excluding carboxylic acids is 2. The van der Waals surface area contributed by atoms with Gasteiger partial charge in [0.05, 0.1) is 6.61 Å². The van der Waals surface area contributed by atoms with Crippen molar-refractivity contribution in [2.45, 2.75) is 59.0 Å². The molecular weight excluding hydrogens is 375 g/mol. The Balaban J connectivity index is 4.28. The topological polar surface area (TPSA) is 114 Å². The maximum absolute atomic E-state index is 12.3. The van der Waals surface area contributed by atoms with Gasteiger partial charge in [-0.2, -0.15) is 0 Å². The number of amides is 1. The van der Waals surface area contributed by atoms with Crippen molar-refractivity contribution in [2.75, 3.05) is 26.3 Å². The summed E-state index contributed by atoms with van der Waals surface area (Å²) in [5.41, 5.74) is 2.60. The van der Waals surface area contributed by atoms with Crippen molar-refractivity contribution in [3.8, 4) is 0 Å². The minimum absolute atomic E-state index is 0.0999. The summed E-state index contributed by atoms with van der Waals surface area (Å²) in [5.74, 6) is -0.478. The molecular formula is C17H33N2O7P. The molecule has 0 aromatic rings. The Morgan fingerprint density at radius 2 is 1.78 bits per heavy atom. The lowest BCUT2D eigenvalue weighted by Crippen LogP contribution is -2.47. The van der Waals surface area contributed by atoms with Crippen LogP contribution in [-0.4, -0.2) is 53.9 Å². The lowest BCUT2D eigenvalue weighted by atomic mass is 10.2. The fourth-order valence-electron chi connectivity index (χ4n) is 1.88. The molecule has 0 heterocycles. The Morgan fingerprint density at radius 3 is 2.33 bits per heavy atom. The molecule has 0 saturated heterocycles. The summed E-state index contributed by atoms with van der Waals surface area (Å²) in [5, 5.41) is 1.36. The lowest BCUT2D eigenvalue weighted by molar-refractivity contribution is -0.138. The SMILES string of the molecule is C=C(C)C(=O)OCCNN(CCCCCCO[PH](=O)O)C(=O)OC(C)(C)C. The second kappa shape index (κ2) is 13.7. The van der Waals surface area contributed by atoms with E-state index in [-0.39, 0.29) is 19.8 Å². The Bertz CT molecular complexity index is 506. The molecule has 1 amide bonds. The third-order valence-electron chi connectivity index (χ3n) is 3.10. The van der Waals surface area contributed by atoms with Crippen LogP contribution in [0.15, 0.2) is 12.2 Å². The van der Waals surface area contributed by atoms with Crippen LogP contribution >= 0.6 is 8.25 Å². The molecule has 0 saturated carbocycles. The molecule has 158 valence electrons. The predicted molar refractivity (Wildman–Crippen MR) is 102 cm³/mol. The summed E-state index contributed by atoms with van der Waals surface area (Å²) in [6, 6.07) is 0. The standard InChI is InChI=1S/C17H33N2O7P/c1-14(2)15(20)24-13-10-18-19(16(21)26-17(3,4)5)11-8-6-7-9-12-25-27(22)23/h18,27H,1,6-13H2,2-5H3,(H,22,23). The van der Waals surface area contributed by atoms with Gasteiger partial charge in [-0.05, 0) is 40.5 Å². The average molecular weight is 408 g/mol. The fourth-order valence-corrected chi connectivity index (χ4v) is 2.20. The zero-order valence-corrected chi connectivity index (χ0v) is 17.7. The molecule has 0 aliphatic carbocycles. The van der Waals surface area contributed by atoms with Crippen LogP contribution in [0.5, 0.6) is 0 Å². The highest BCUT2D eigenvalue weighted by atomic mass is 31.1. The fraction of sp³-hybridized carbons (Fsp3) is 0.765. The Hall–Kier alpha value is -1.41. The Kier molecular flexibility index (Phi) is 13.0. The van der Waals surface area contributed by atoms with Gasteiger partial charge in [0.1, 0.15) is 12.2 Å². The summed E-state index contributed by atoms with van der Waals surface area (Å²) >= 11 is 0. The number of nitrogens with zero attached hydrogens (tertiary/aromatic N) is 1. The van der Waals surface area contributed by atoms with Crippen LogP contribution in [0.1, 0.15) is 53.4 Å². The van der Waals surface area contributed by atoms with E-state index in [0.29, 0.717) is 25.0 Å². The summed E-state index contributed by atoms with van der Waals surface area (Å²) in [6.07, 6.45) is 2.52. The van der Waals surface area contributed by atoms with Gasteiger partial charge >= 0.3 is 20.3 Å². The number of hydrogen-bond acceptors (Lipinski definition) is 7. The molecule has 0 aliphatic heterocycles. The number of hydrazine groups is 1. The van der Waals surface area contributed by atoms with Crippen LogP contribution in [0.4, 0.5) is 4.79 Å². The molecule has 0 aromatic heterocycles. The summed E-state index contributed by atoms with van der Waals surface area (Å²) < 4.78 is 25.4.